The summed E-state index contributed by atoms with van der Waals surface area (Å²) in [4.78, 5) is 36.0. The Morgan fingerprint density at radius 3 is 1.52 bits per heavy atom. The number of esters is 2. The summed E-state index contributed by atoms with van der Waals surface area (Å²) < 4.78 is 11.1. The van der Waals surface area contributed by atoms with Crippen LogP contribution in [0.3, 0.4) is 0 Å². The average molecular weight is 350 g/mol. The normalized spacial score (nSPS) is 24.4. The Bertz CT molecular complexity index is 456. The van der Waals surface area contributed by atoms with E-state index in [0.717, 1.165) is 51.4 Å². The summed E-state index contributed by atoms with van der Waals surface area (Å²) >= 11 is 0. The molecule has 0 radical (unpaired) electrons. The van der Waals surface area contributed by atoms with Gasteiger partial charge in [0.2, 0.25) is 0 Å². The van der Waals surface area contributed by atoms with E-state index < -0.39 is 5.41 Å². The van der Waals surface area contributed by atoms with Crippen LogP contribution in [0.25, 0.3) is 0 Å². The molecule has 0 unspecified atom stereocenters. The molecule has 5 heteroatoms. The highest BCUT2D eigenvalue weighted by Gasteiger charge is 2.46. The lowest BCUT2D eigenvalue weighted by molar-refractivity contribution is -0.169. The van der Waals surface area contributed by atoms with Gasteiger partial charge in [-0.2, -0.15) is 0 Å². The number of ketones is 1. The highest BCUT2D eigenvalue weighted by molar-refractivity contribution is 5.86. The van der Waals surface area contributed by atoms with Crippen LogP contribution in [-0.4, -0.2) is 30.9 Å². The summed E-state index contributed by atoms with van der Waals surface area (Å²) in [5, 5.41) is 0. The van der Waals surface area contributed by atoms with Crippen LogP contribution < -0.4 is 0 Å². The van der Waals surface area contributed by atoms with Crippen LogP contribution in [0.2, 0.25) is 0 Å². The number of carbonyl (C=O) groups is 3. The first-order valence-electron chi connectivity index (χ1n) is 9.93. The molecule has 0 aromatic carbocycles. The van der Waals surface area contributed by atoms with E-state index in [9.17, 15) is 14.4 Å². The van der Waals surface area contributed by atoms with Crippen molar-refractivity contribution in [2.24, 2.45) is 17.3 Å². The lowest BCUT2D eigenvalue weighted by atomic mass is 9.69. The summed E-state index contributed by atoms with van der Waals surface area (Å²) in [7, 11) is 0. The third kappa shape index (κ3) is 4.83. The topological polar surface area (TPSA) is 69.7 Å². The molecule has 3 saturated carbocycles. The molecule has 0 saturated heterocycles. The van der Waals surface area contributed by atoms with Gasteiger partial charge in [-0.3, -0.25) is 14.4 Å². The smallest absolute Gasteiger partial charge is 0.308 e. The van der Waals surface area contributed by atoms with Crippen molar-refractivity contribution in [2.45, 2.75) is 77.0 Å². The molecule has 3 aliphatic carbocycles. The van der Waals surface area contributed by atoms with Crippen molar-refractivity contribution in [3.63, 3.8) is 0 Å². The highest BCUT2D eigenvalue weighted by Crippen LogP contribution is 2.39. The van der Waals surface area contributed by atoms with E-state index in [1.807, 2.05) is 0 Å². The van der Waals surface area contributed by atoms with Gasteiger partial charge in [-0.25, -0.2) is 0 Å². The molecule has 5 nitrogen and oxygen atoms in total. The average Bonchev–Trinajstić information content (AvgIpc) is 2.64. The number of hydrogen-bond donors (Lipinski definition) is 0. The lowest BCUT2D eigenvalue weighted by Gasteiger charge is -2.39. The van der Waals surface area contributed by atoms with Crippen LogP contribution >= 0.6 is 0 Å². The Kier molecular flexibility index (Phi) is 6.13. The van der Waals surface area contributed by atoms with E-state index >= 15 is 0 Å². The molecule has 0 aromatic rings. The van der Waals surface area contributed by atoms with Crippen LogP contribution in [0.5, 0.6) is 0 Å². The van der Waals surface area contributed by atoms with Crippen LogP contribution in [0, 0.1) is 17.3 Å². The molecule has 0 spiro atoms. The molecule has 3 fully saturated rings. The second kappa shape index (κ2) is 8.33. The Balaban J connectivity index is 1.46. The summed E-state index contributed by atoms with van der Waals surface area (Å²) in [6.07, 6.45) is 11.0. The highest BCUT2D eigenvalue weighted by atomic mass is 16.5. The van der Waals surface area contributed by atoms with Crippen molar-refractivity contribution < 1.29 is 23.9 Å². The molecule has 25 heavy (non-hydrogen) atoms. The van der Waals surface area contributed by atoms with Crippen molar-refractivity contribution in [2.75, 3.05) is 13.2 Å². The van der Waals surface area contributed by atoms with Crippen molar-refractivity contribution in [3.05, 3.63) is 0 Å². The fourth-order valence-corrected chi connectivity index (χ4v) is 4.39. The van der Waals surface area contributed by atoms with Gasteiger partial charge >= 0.3 is 11.9 Å². The van der Waals surface area contributed by atoms with Crippen LogP contribution in [-0.2, 0) is 23.9 Å². The molecule has 0 amide bonds. The molecule has 0 bridgehead atoms. The van der Waals surface area contributed by atoms with E-state index in [2.05, 4.69) is 0 Å². The second-order valence-electron chi connectivity index (χ2n) is 8.28. The third-order valence-electron chi connectivity index (χ3n) is 6.06. The van der Waals surface area contributed by atoms with Gasteiger partial charge in [-0.15, -0.1) is 0 Å². The number of carbonyl (C=O) groups excluding carboxylic acids is 3. The van der Waals surface area contributed by atoms with Crippen LogP contribution in [0.15, 0.2) is 0 Å². The third-order valence-corrected chi connectivity index (χ3v) is 6.06. The number of hydrogen-bond acceptors (Lipinski definition) is 5. The molecule has 0 N–H and O–H groups in total. The summed E-state index contributed by atoms with van der Waals surface area (Å²) in [5.74, 6) is -0.116. The first-order chi connectivity index (χ1) is 12.1. The minimum atomic E-state index is -0.480. The summed E-state index contributed by atoms with van der Waals surface area (Å²) in [5.41, 5.74) is -0.480. The number of ether oxygens (including phenoxy) is 2. The lowest BCUT2D eigenvalue weighted by Crippen LogP contribution is -2.46. The molecule has 0 heterocycles. The first kappa shape index (κ1) is 18.4. The van der Waals surface area contributed by atoms with Gasteiger partial charge in [-0.1, -0.05) is 38.5 Å². The first-order valence-corrected chi connectivity index (χ1v) is 9.93. The molecular formula is C20H30O5. The number of Topliss-reactive ketones (excluding diaryl/α,β-unsaturated/α-hetero) is 1. The van der Waals surface area contributed by atoms with Gasteiger partial charge < -0.3 is 9.47 Å². The molecule has 0 aliphatic heterocycles. The molecule has 0 aromatic heterocycles. The van der Waals surface area contributed by atoms with E-state index in [-0.39, 0.29) is 42.8 Å². The van der Waals surface area contributed by atoms with Crippen molar-refractivity contribution in [1.29, 1.82) is 0 Å². The van der Waals surface area contributed by atoms with E-state index in [1.54, 1.807) is 0 Å². The number of rotatable bonds is 6. The van der Waals surface area contributed by atoms with Gasteiger partial charge in [0.25, 0.3) is 0 Å². The zero-order valence-corrected chi connectivity index (χ0v) is 15.1. The van der Waals surface area contributed by atoms with Gasteiger partial charge in [0, 0.05) is 12.8 Å². The van der Waals surface area contributed by atoms with Crippen LogP contribution in [0.1, 0.15) is 77.0 Å². The Morgan fingerprint density at radius 1 is 0.760 bits per heavy atom. The fourth-order valence-electron chi connectivity index (χ4n) is 4.39. The molecule has 3 aliphatic rings. The van der Waals surface area contributed by atoms with Crippen molar-refractivity contribution in [3.8, 4) is 0 Å². The minimum absolute atomic E-state index is 0.00590. The maximum atomic E-state index is 12.2. The second-order valence-corrected chi connectivity index (χ2v) is 8.28. The Morgan fingerprint density at radius 2 is 1.16 bits per heavy atom. The van der Waals surface area contributed by atoms with Crippen molar-refractivity contribution in [1.82, 2.24) is 0 Å². The standard InChI is InChI=1S/C20H30O5/c21-17-11-20(12-17,13-24-18(22)15-7-3-1-4-8-15)14-25-19(23)16-9-5-2-6-10-16/h15-16H,1-14H2. The van der Waals surface area contributed by atoms with Gasteiger partial charge in [-0.05, 0) is 25.7 Å². The fraction of sp³-hybridized carbons (Fsp3) is 0.850. The van der Waals surface area contributed by atoms with Gasteiger partial charge in [0.15, 0.2) is 0 Å². The predicted octanol–water partition coefficient (Wildman–Crippen LogP) is 3.58. The minimum Gasteiger partial charge on any atom is -0.465 e. The molecule has 140 valence electrons. The summed E-state index contributed by atoms with van der Waals surface area (Å²) in [6, 6.07) is 0. The van der Waals surface area contributed by atoms with Crippen molar-refractivity contribution >= 4 is 17.7 Å². The van der Waals surface area contributed by atoms with E-state index in [1.165, 1.54) is 12.8 Å². The van der Waals surface area contributed by atoms with Gasteiger partial charge in [0.1, 0.15) is 19.0 Å². The van der Waals surface area contributed by atoms with Crippen LogP contribution in [0.4, 0.5) is 0 Å². The Hall–Kier alpha value is -1.39. The maximum absolute atomic E-state index is 12.2. The molecule has 0 atom stereocenters. The largest absolute Gasteiger partial charge is 0.465 e. The van der Waals surface area contributed by atoms with E-state index in [4.69, 9.17) is 9.47 Å². The van der Waals surface area contributed by atoms with Gasteiger partial charge in [0.05, 0.1) is 17.3 Å². The zero-order valence-electron chi connectivity index (χ0n) is 15.1. The SMILES string of the molecule is O=C1CC(COC(=O)C2CCCCC2)(COC(=O)C2CCCCC2)C1. The molecular weight excluding hydrogens is 320 g/mol. The maximum Gasteiger partial charge on any atom is 0.308 e. The predicted molar refractivity (Wildman–Crippen MR) is 91.7 cm³/mol. The zero-order chi connectivity index (χ0) is 17.7. The van der Waals surface area contributed by atoms with E-state index in [0.29, 0.717) is 12.8 Å². The molecule has 3 rings (SSSR count). The Labute approximate surface area is 149 Å². The monoisotopic (exact) mass is 350 g/mol. The summed E-state index contributed by atoms with van der Waals surface area (Å²) in [6.45, 7) is 0.401. The quantitative estimate of drug-likeness (QED) is 0.685.